The lowest BCUT2D eigenvalue weighted by molar-refractivity contribution is -0.166. The minimum absolute atomic E-state index is 0.0804. The zero-order valence-corrected chi connectivity index (χ0v) is 57.6. The number of amides is 10. The van der Waals surface area contributed by atoms with E-state index in [0.29, 0.717) is 0 Å². The molecule has 1 aliphatic heterocycles. The number of rotatable bonds is 17. The fraction of sp³-hybridized carbons (Fsp3) is 0.797. The van der Waals surface area contributed by atoms with E-state index in [-0.39, 0.29) is 68.1 Å². The van der Waals surface area contributed by atoms with Crippen LogP contribution in [0.15, 0.2) is 12.2 Å². The molecule has 1 fully saturated rings. The Morgan fingerprint density at radius 1 is 0.477 bits per heavy atom. The van der Waals surface area contributed by atoms with Crippen molar-refractivity contribution in [2.75, 3.05) is 48.8 Å². The van der Waals surface area contributed by atoms with E-state index in [0.717, 1.165) is 14.7 Å². The van der Waals surface area contributed by atoms with Crippen molar-refractivity contribution in [3.8, 4) is 0 Å². The first-order valence-corrected chi connectivity index (χ1v) is 31.5. The van der Waals surface area contributed by atoms with Crippen LogP contribution in [0.3, 0.4) is 0 Å². The van der Waals surface area contributed by atoms with Crippen LogP contribution in [0.4, 0.5) is 0 Å². The minimum atomic E-state index is -1.75. The molecule has 0 aromatic carbocycles. The number of carbonyl (C=O) groups is 11. The van der Waals surface area contributed by atoms with Crippen molar-refractivity contribution < 1.29 is 67.7 Å². The summed E-state index contributed by atoms with van der Waals surface area (Å²) in [6.07, 6.45) is -0.368. The molecule has 0 radical (unpaired) electrons. The van der Waals surface area contributed by atoms with E-state index in [1.807, 2.05) is 69.2 Å². The van der Waals surface area contributed by atoms with Gasteiger partial charge < -0.3 is 65.6 Å². The quantitative estimate of drug-likeness (QED) is 0.0900. The third-order valence-corrected chi connectivity index (χ3v) is 16.1. The van der Waals surface area contributed by atoms with Gasteiger partial charge in [-0.2, -0.15) is 0 Å². The zero-order chi connectivity index (χ0) is 68.3. The van der Waals surface area contributed by atoms with E-state index < -0.39 is 162 Å². The first-order chi connectivity index (χ1) is 40.5. The highest BCUT2D eigenvalue weighted by Gasteiger charge is 2.46. The highest BCUT2D eigenvalue weighted by molar-refractivity contribution is 5.99. The Kier molecular flexibility index (Phi) is 33.1. The SMILES string of the molecule is C/C=C/CC(C)C(O)[C@H]1C(=O)N[C@@H]([C@@H](C)O)C(=O)N(C)CC(=O)N(C)[C@@H](CC(C)C)C(=O)N[C@@H](CC(C)C)C(=O)N(C)[C@@H](CC(C)C)C(=O)N[C@@H](C)C(=O)OC(C(C)C)C(=O)N(C)[C@@H](CC(C)C)C(=O)N[C@@H](CC(C)C)C(=O)N(C)[C@@H](C(C)C)C(=O)N1C. The van der Waals surface area contributed by atoms with Gasteiger partial charge >= 0.3 is 5.97 Å². The number of nitrogens with zero attached hydrogens (tertiary/aromatic N) is 6. The first-order valence-electron chi connectivity index (χ1n) is 31.5. The Labute approximate surface area is 525 Å². The Hall–Kier alpha value is -6.17. The largest absolute Gasteiger partial charge is 0.450 e. The molecular formula is C64H114N10O14. The maximum Gasteiger partial charge on any atom is 0.329 e. The molecule has 24 heteroatoms. The van der Waals surface area contributed by atoms with Crippen LogP contribution in [0.5, 0.6) is 0 Å². The van der Waals surface area contributed by atoms with Crippen LogP contribution in [0, 0.1) is 47.3 Å². The number of hydrogen-bond donors (Lipinski definition) is 6. The minimum Gasteiger partial charge on any atom is -0.450 e. The fourth-order valence-electron chi connectivity index (χ4n) is 10.8. The molecule has 0 spiro atoms. The van der Waals surface area contributed by atoms with Crippen molar-refractivity contribution in [1.82, 2.24) is 50.7 Å². The van der Waals surface area contributed by atoms with E-state index in [2.05, 4.69) is 21.3 Å². The number of allylic oxidation sites excluding steroid dienone is 2. The number of esters is 1. The van der Waals surface area contributed by atoms with E-state index in [1.54, 1.807) is 53.7 Å². The smallest absolute Gasteiger partial charge is 0.329 e. The second-order valence-electron chi connectivity index (χ2n) is 27.3. The summed E-state index contributed by atoms with van der Waals surface area (Å²) in [6, 6.07) is -12.2. The van der Waals surface area contributed by atoms with Crippen LogP contribution in [-0.2, 0) is 57.5 Å². The predicted octanol–water partition coefficient (Wildman–Crippen LogP) is 3.35. The molecule has 1 aliphatic rings. The molecule has 10 amide bonds. The fourth-order valence-corrected chi connectivity index (χ4v) is 10.8. The number of cyclic esters (lactones) is 1. The standard InChI is InChI=1S/C64H114N10O14/c1-25-26-27-41(16)53(77)52-58(81)68-50(43(18)75)61(84)69(19)33-49(76)70(20)46(30-36(6)7)56(79)66-44(28-34(2)3)59(82)71(21)47(31-37(8)9)55(78)65-42(17)64(87)88-54(40(14)15)63(86)72(22)48(32-38(10)11)57(80)67-45(29-35(4)5)60(83)73(23)51(39(12)13)62(85)74(52)24/h25-26,34-48,50-54,75,77H,27-33H2,1-24H3,(H,65,78)(H,66,79)(H,67,80)(H,68,81)/b26-25+/t41?,42-,43+,44-,45-,46-,47-,48-,50-,51-,52-,53?,54?/m0/s1. The normalized spacial score (nSPS) is 26.7. The summed E-state index contributed by atoms with van der Waals surface area (Å²) >= 11 is 0. The van der Waals surface area contributed by atoms with Gasteiger partial charge in [0.1, 0.15) is 54.4 Å². The summed E-state index contributed by atoms with van der Waals surface area (Å²) in [5.74, 6) is -11.6. The Morgan fingerprint density at radius 2 is 0.875 bits per heavy atom. The van der Waals surface area contributed by atoms with Crippen molar-refractivity contribution in [2.45, 2.75) is 236 Å². The lowest BCUT2D eigenvalue weighted by Gasteiger charge is -2.40. The van der Waals surface area contributed by atoms with Gasteiger partial charge in [0.2, 0.25) is 53.2 Å². The molecule has 13 atom stereocenters. The number of hydrogen-bond acceptors (Lipinski definition) is 14. The van der Waals surface area contributed by atoms with Crippen LogP contribution in [0.1, 0.15) is 163 Å². The van der Waals surface area contributed by atoms with Gasteiger partial charge in [-0.25, -0.2) is 4.79 Å². The van der Waals surface area contributed by atoms with E-state index in [4.69, 9.17) is 4.74 Å². The monoisotopic (exact) mass is 1250 g/mol. The van der Waals surface area contributed by atoms with Gasteiger partial charge in [-0.15, -0.1) is 0 Å². The molecule has 0 bridgehead atoms. The van der Waals surface area contributed by atoms with Crippen LogP contribution < -0.4 is 21.3 Å². The first kappa shape index (κ1) is 79.8. The van der Waals surface area contributed by atoms with Crippen molar-refractivity contribution in [3.05, 3.63) is 12.2 Å². The highest BCUT2D eigenvalue weighted by Crippen LogP contribution is 2.25. The maximum atomic E-state index is 15.1. The van der Waals surface area contributed by atoms with E-state index in [9.17, 15) is 58.2 Å². The number of aliphatic hydroxyl groups is 2. The lowest BCUT2D eigenvalue weighted by atomic mass is 9.91. The summed E-state index contributed by atoms with van der Waals surface area (Å²) in [7, 11) is 8.12. The summed E-state index contributed by atoms with van der Waals surface area (Å²) in [4.78, 5) is 167. The summed E-state index contributed by atoms with van der Waals surface area (Å²) in [6.45, 7) is 30.5. The molecule has 0 aromatic rings. The molecule has 0 aromatic heterocycles. The molecule has 6 N–H and O–H groups in total. The van der Waals surface area contributed by atoms with Gasteiger partial charge in [-0.05, 0) is 107 Å². The predicted molar refractivity (Wildman–Crippen MR) is 337 cm³/mol. The molecular weight excluding hydrogens is 1130 g/mol. The van der Waals surface area contributed by atoms with Crippen molar-refractivity contribution >= 4 is 65.0 Å². The van der Waals surface area contributed by atoms with E-state index >= 15 is 4.79 Å². The van der Waals surface area contributed by atoms with Gasteiger partial charge in [0.05, 0.1) is 18.8 Å². The number of ether oxygens (including phenoxy) is 1. The molecule has 1 rings (SSSR count). The van der Waals surface area contributed by atoms with Gasteiger partial charge in [0.25, 0.3) is 5.91 Å². The van der Waals surface area contributed by atoms with Gasteiger partial charge in [0.15, 0.2) is 6.10 Å². The molecule has 504 valence electrons. The Morgan fingerprint density at radius 3 is 1.27 bits per heavy atom. The van der Waals surface area contributed by atoms with Crippen molar-refractivity contribution in [3.63, 3.8) is 0 Å². The van der Waals surface area contributed by atoms with Crippen LogP contribution >= 0.6 is 0 Å². The molecule has 24 nitrogen and oxygen atoms in total. The topological polar surface area (TPSA) is 305 Å². The summed E-state index contributed by atoms with van der Waals surface area (Å²) < 4.78 is 5.89. The van der Waals surface area contributed by atoms with E-state index in [1.165, 1.54) is 70.8 Å². The zero-order valence-electron chi connectivity index (χ0n) is 57.6. The number of aliphatic hydroxyl groups excluding tert-OH is 2. The molecule has 0 aliphatic carbocycles. The molecule has 1 heterocycles. The van der Waals surface area contributed by atoms with Crippen molar-refractivity contribution in [1.29, 1.82) is 0 Å². The van der Waals surface area contributed by atoms with Gasteiger partial charge in [0, 0.05) is 42.3 Å². The number of carbonyl (C=O) groups excluding carboxylic acids is 11. The Bertz CT molecular complexity index is 2390. The second-order valence-corrected chi connectivity index (χ2v) is 27.3. The molecule has 3 unspecified atom stereocenters. The molecule has 88 heavy (non-hydrogen) atoms. The van der Waals surface area contributed by atoms with Crippen LogP contribution in [-0.4, -0.2) is 226 Å². The van der Waals surface area contributed by atoms with Gasteiger partial charge in [-0.3, -0.25) is 47.9 Å². The molecule has 0 saturated carbocycles. The number of nitrogens with one attached hydrogen (secondary N) is 4. The average molecular weight is 1250 g/mol. The lowest BCUT2D eigenvalue weighted by Crippen LogP contribution is -2.64. The number of likely N-dealkylation sites (N-methyl/N-ethyl adjacent to an activating group) is 6. The van der Waals surface area contributed by atoms with Crippen LogP contribution in [0.2, 0.25) is 0 Å². The molecule has 1 saturated heterocycles. The average Bonchev–Trinajstić information content (AvgIpc) is 3.61. The van der Waals surface area contributed by atoms with Crippen LogP contribution in [0.25, 0.3) is 0 Å². The maximum absolute atomic E-state index is 15.1. The Balaban J connectivity index is 4.41. The second kappa shape index (κ2) is 36.5. The summed E-state index contributed by atoms with van der Waals surface area (Å²) in [5.41, 5.74) is 0. The van der Waals surface area contributed by atoms with Gasteiger partial charge in [-0.1, -0.05) is 116 Å². The summed E-state index contributed by atoms with van der Waals surface area (Å²) in [5, 5.41) is 34.2. The highest BCUT2D eigenvalue weighted by atomic mass is 16.6. The van der Waals surface area contributed by atoms with Crippen molar-refractivity contribution in [2.24, 2.45) is 47.3 Å². The third-order valence-electron chi connectivity index (χ3n) is 16.1. The third kappa shape index (κ3) is 23.3.